The lowest BCUT2D eigenvalue weighted by Gasteiger charge is -2.42. The fourth-order valence-electron chi connectivity index (χ4n) is 4.33. The molecule has 3 heterocycles. The number of methoxy groups -OCH3 is 2. The van der Waals surface area contributed by atoms with Gasteiger partial charge in [0.05, 0.1) is 13.2 Å². The lowest BCUT2D eigenvalue weighted by molar-refractivity contribution is 0.0348. The highest BCUT2D eigenvalue weighted by molar-refractivity contribution is 7.07. The van der Waals surface area contributed by atoms with Gasteiger partial charge in [-0.15, -0.1) is 0 Å². The molecule has 130 valence electrons. The third-order valence-electron chi connectivity index (χ3n) is 5.70. The minimum absolute atomic E-state index is 0.453. The van der Waals surface area contributed by atoms with Crippen LogP contribution in [-0.2, 0) is 16.0 Å². The van der Waals surface area contributed by atoms with Crippen LogP contribution in [0, 0.1) is 11.3 Å². The van der Waals surface area contributed by atoms with Crippen LogP contribution in [0.2, 0.25) is 0 Å². The van der Waals surface area contributed by atoms with Gasteiger partial charge in [-0.2, -0.15) is 11.3 Å². The number of hydrogen-bond acceptors (Lipinski definition) is 5. The molecule has 0 saturated carbocycles. The highest BCUT2D eigenvalue weighted by Crippen LogP contribution is 2.44. The van der Waals surface area contributed by atoms with Gasteiger partial charge in [-0.05, 0) is 53.7 Å². The summed E-state index contributed by atoms with van der Waals surface area (Å²) in [6.07, 6.45) is 2.60. The van der Waals surface area contributed by atoms with Crippen LogP contribution in [0.4, 0.5) is 0 Å². The van der Waals surface area contributed by atoms with E-state index >= 15 is 0 Å². The Hall–Kier alpha value is -0.460. The van der Waals surface area contributed by atoms with E-state index in [4.69, 9.17) is 9.47 Å². The molecule has 2 fully saturated rings. The number of piperidine rings is 1. The van der Waals surface area contributed by atoms with Crippen LogP contribution < -0.4 is 0 Å². The van der Waals surface area contributed by atoms with Gasteiger partial charge in [-0.3, -0.25) is 4.90 Å². The second-order valence-corrected chi connectivity index (χ2v) is 7.93. The van der Waals surface area contributed by atoms with E-state index < -0.39 is 0 Å². The molecular formula is C18H30N2O2S. The molecule has 5 heteroatoms. The summed E-state index contributed by atoms with van der Waals surface area (Å²) in [6.45, 7) is 8.72. The molecule has 0 radical (unpaired) electrons. The fraction of sp³-hybridized carbons (Fsp3) is 0.778. The maximum absolute atomic E-state index is 5.55. The lowest BCUT2D eigenvalue weighted by atomic mass is 9.71. The zero-order valence-corrected chi connectivity index (χ0v) is 15.3. The highest BCUT2D eigenvalue weighted by Gasteiger charge is 2.47. The molecule has 2 saturated heterocycles. The van der Waals surface area contributed by atoms with Crippen LogP contribution in [0.5, 0.6) is 0 Å². The van der Waals surface area contributed by atoms with Crippen molar-refractivity contribution in [3.63, 3.8) is 0 Å². The highest BCUT2D eigenvalue weighted by atomic mass is 32.1. The van der Waals surface area contributed by atoms with Crippen molar-refractivity contribution in [1.29, 1.82) is 0 Å². The number of rotatable bonds is 7. The fourth-order valence-corrected chi connectivity index (χ4v) is 4.99. The number of ether oxygens (including phenoxy) is 2. The summed E-state index contributed by atoms with van der Waals surface area (Å²) in [6, 6.07) is 2.25. The number of likely N-dealkylation sites (tertiary alicyclic amines) is 2. The minimum atomic E-state index is 0.453. The van der Waals surface area contributed by atoms with E-state index in [9.17, 15) is 0 Å². The summed E-state index contributed by atoms with van der Waals surface area (Å²) in [5.41, 5.74) is 1.92. The molecule has 1 atom stereocenters. The smallest absolute Gasteiger partial charge is 0.0589 e. The first-order valence-corrected chi connectivity index (χ1v) is 9.64. The van der Waals surface area contributed by atoms with Gasteiger partial charge in [0.2, 0.25) is 0 Å². The number of hydrogen-bond donors (Lipinski definition) is 0. The molecule has 0 aromatic carbocycles. The monoisotopic (exact) mass is 338 g/mol. The van der Waals surface area contributed by atoms with Gasteiger partial charge in [0, 0.05) is 46.3 Å². The Morgan fingerprint density at radius 1 is 1.22 bits per heavy atom. The van der Waals surface area contributed by atoms with E-state index in [0.717, 1.165) is 26.3 Å². The van der Waals surface area contributed by atoms with Crippen LogP contribution in [-0.4, -0.2) is 70.0 Å². The molecule has 0 aliphatic carbocycles. The van der Waals surface area contributed by atoms with Gasteiger partial charge in [0.25, 0.3) is 0 Å². The Bertz CT molecular complexity index is 458. The second-order valence-electron chi connectivity index (χ2n) is 7.15. The Morgan fingerprint density at radius 3 is 2.70 bits per heavy atom. The molecule has 1 aromatic heterocycles. The maximum Gasteiger partial charge on any atom is 0.0589 e. The minimum Gasteiger partial charge on any atom is -0.384 e. The average Bonchev–Trinajstić information content (AvgIpc) is 3.17. The van der Waals surface area contributed by atoms with Crippen LogP contribution in [0.1, 0.15) is 18.4 Å². The van der Waals surface area contributed by atoms with Crippen molar-refractivity contribution in [2.45, 2.75) is 19.4 Å². The first kappa shape index (κ1) is 17.4. The summed E-state index contributed by atoms with van der Waals surface area (Å²) in [5.74, 6) is 0.674. The largest absolute Gasteiger partial charge is 0.384 e. The standard InChI is InChI=1S/C18H30N2O2S/c1-21-9-8-20-12-17(13-22-2)18(15-20)4-6-19(7-5-18)11-16-3-10-23-14-16/h3,10,14,17H,4-9,11-13,15H2,1-2H3. The topological polar surface area (TPSA) is 24.9 Å². The summed E-state index contributed by atoms with van der Waals surface area (Å²) < 4.78 is 10.8. The average molecular weight is 339 g/mol. The van der Waals surface area contributed by atoms with E-state index in [0.29, 0.717) is 11.3 Å². The number of nitrogens with zero attached hydrogens (tertiary/aromatic N) is 2. The molecule has 1 aromatic rings. The molecule has 4 nitrogen and oxygen atoms in total. The van der Waals surface area contributed by atoms with Gasteiger partial charge >= 0.3 is 0 Å². The third kappa shape index (κ3) is 4.15. The quantitative estimate of drug-likeness (QED) is 0.763. The van der Waals surface area contributed by atoms with Gasteiger partial charge in [-0.1, -0.05) is 0 Å². The van der Waals surface area contributed by atoms with Crippen LogP contribution in [0.15, 0.2) is 16.8 Å². The SMILES string of the molecule is COCCN1CC(COC)C2(CCN(Cc3ccsc3)CC2)C1. The molecule has 2 aliphatic rings. The van der Waals surface area contributed by atoms with E-state index in [-0.39, 0.29) is 0 Å². The molecule has 23 heavy (non-hydrogen) atoms. The van der Waals surface area contributed by atoms with E-state index in [2.05, 4.69) is 26.6 Å². The number of thiophene rings is 1. The Kier molecular flexibility index (Phi) is 6.10. The molecule has 0 N–H and O–H groups in total. The van der Waals surface area contributed by atoms with Gasteiger partial charge in [0.15, 0.2) is 0 Å². The van der Waals surface area contributed by atoms with Gasteiger partial charge in [-0.25, -0.2) is 0 Å². The zero-order chi connectivity index (χ0) is 16.1. The summed E-state index contributed by atoms with van der Waals surface area (Å²) in [7, 11) is 3.64. The lowest BCUT2D eigenvalue weighted by Crippen LogP contribution is -2.45. The first-order chi connectivity index (χ1) is 11.3. The van der Waals surface area contributed by atoms with Crippen molar-refractivity contribution < 1.29 is 9.47 Å². The van der Waals surface area contributed by atoms with E-state index in [1.54, 1.807) is 18.4 Å². The molecular weight excluding hydrogens is 308 g/mol. The maximum atomic E-state index is 5.55. The van der Waals surface area contributed by atoms with Crippen LogP contribution in [0.3, 0.4) is 0 Å². The Morgan fingerprint density at radius 2 is 2.04 bits per heavy atom. The third-order valence-corrected chi connectivity index (χ3v) is 6.43. The molecule has 0 bridgehead atoms. The molecule has 1 spiro atoms. The zero-order valence-electron chi connectivity index (χ0n) is 14.5. The summed E-state index contributed by atoms with van der Waals surface area (Å²) in [5, 5.41) is 4.46. The summed E-state index contributed by atoms with van der Waals surface area (Å²) >= 11 is 1.80. The second kappa shape index (κ2) is 8.08. The predicted molar refractivity (Wildman–Crippen MR) is 94.9 cm³/mol. The van der Waals surface area contributed by atoms with Crippen molar-refractivity contribution in [2.75, 3.05) is 60.2 Å². The normalized spacial score (nSPS) is 25.4. The first-order valence-electron chi connectivity index (χ1n) is 8.69. The summed E-state index contributed by atoms with van der Waals surface area (Å²) in [4.78, 5) is 5.21. The van der Waals surface area contributed by atoms with E-state index in [1.807, 2.05) is 7.11 Å². The molecule has 1 unspecified atom stereocenters. The van der Waals surface area contributed by atoms with E-state index in [1.165, 1.54) is 44.6 Å². The van der Waals surface area contributed by atoms with Crippen molar-refractivity contribution in [3.8, 4) is 0 Å². The van der Waals surface area contributed by atoms with Crippen molar-refractivity contribution in [2.24, 2.45) is 11.3 Å². The molecule has 0 amide bonds. The van der Waals surface area contributed by atoms with Crippen molar-refractivity contribution >= 4 is 11.3 Å². The predicted octanol–water partition coefficient (Wildman–Crippen LogP) is 2.55. The van der Waals surface area contributed by atoms with Crippen molar-refractivity contribution in [3.05, 3.63) is 22.4 Å². The van der Waals surface area contributed by atoms with Crippen LogP contribution in [0.25, 0.3) is 0 Å². The van der Waals surface area contributed by atoms with Gasteiger partial charge < -0.3 is 14.4 Å². The van der Waals surface area contributed by atoms with Crippen molar-refractivity contribution in [1.82, 2.24) is 9.80 Å². The van der Waals surface area contributed by atoms with Crippen LogP contribution >= 0.6 is 11.3 Å². The Balaban J connectivity index is 1.57. The molecule has 2 aliphatic heterocycles. The van der Waals surface area contributed by atoms with Gasteiger partial charge in [0.1, 0.15) is 0 Å². The Labute approximate surface area is 144 Å². The molecule has 3 rings (SSSR count).